The summed E-state index contributed by atoms with van der Waals surface area (Å²) in [4.78, 5) is 0.358. The first-order valence-corrected chi connectivity index (χ1v) is 9.68. The molecule has 1 aliphatic heterocycles. The fourth-order valence-corrected chi connectivity index (χ4v) is 4.97. The number of hydrogen-bond donors (Lipinski definition) is 0. The third kappa shape index (κ3) is 3.86. The summed E-state index contributed by atoms with van der Waals surface area (Å²) in [5, 5.41) is -0.523. The van der Waals surface area contributed by atoms with Crippen LogP contribution in [-0.2, 0) is 25.9 Å². The van der Waals surface area contributed by atoms with Crippen LogP contribution in [0.15, 0.2) is 65.6 Å². The molecule has 0 saturated carbocycles. The lowest BCUT2D eigenvalue weighted by molar-refractivity contribution is -0.0140. The zero-order valence-electron chi connectivity index (χ0n) is 13.7. The van der Waals surface area contributed by atoms with Gasteiger partial charge in [-0.25, -0.2) is 8.42 Å². The molecular weight excluding hydrogens is 324 g/mol. The van der Waals surface area contributed by atoms with Crippen molar-refractivity contribution in [3.8, 4) is 0 Å². The molecule has 0 radical (unpaired) electrons. The monoisotopic (exact) mass is 346 g/mol. The summed E-state index contributed by atoms with van der Waals surface area (Å²) < 4.78 is 37.0. The molecule has 4 nitrogen and oxygen atoms in total. The van der Waals surface area contributed by atoms with Gasteiger partial charge in [0, 0.05) is 0 Å². The van der Waals surface area contributed by atoms with E-state index in [2.05, 4.69) is 0 Å². The first-order chi connectivity index (χ1) is 11.6. The van der Waals surface area contributed by atoms with Crippen molar-refractivity contribution >= 4 is 9.84 Å². The second-order valence-corrected chi connectivity index (χ2v) is 8.26. The minimum Gasteiger partial charge on any atom is -0.374 e. The van der Waals surface area contributed by atoms with Gasteiger partial charge in [-0.1, -0.05) is 48.5 Å². The van der Waals surface area contributed by atoms with Crippen molar-refractivity contribution in [2.24, 2.45) is 0 Å². The topological polar surface area (TPSA) is 52.6 Å². The van der Waals surface area contributed by atoms with E-state index in [0.717, 1.165) is 5.56 Å². The van der Waals surface area contributed by atoms with Crippen molar-refractivity contribution in [3.05, 3.63) is 66.2 Å². The van der Waals surface area contributed by atoms with Gasteiger partial charge in [0.15, 0.2) is 9.84 Å². The molecule has 3 rings (SSSR count). The molecule has 0 bridgehead atoms. The molecule has 0 unspecified atom stereocenters. The van der Waals surface area contributed by atoms with Gasteiger partial charge in [0.25, 0.3) is 0 Å². The van der Waals surface area contributed by atoms with Crippen molar-refractivity contribution in [1.82, 2.24) is 0 Å². The van der Waals surface area contributed by atoms with Gasteiger partial charge in [-0.15, -0.1) is 0 Å². The van der Waals surface area contributed by atoms with Gasteiger partial charge < -0.3 is 9.47 Å². The maximum Gasteiger partial charge on any atom is 0.183 e. The fourth-order valence-electron chi connectivity index (χ4n) is 3.05. The Labute approximate surface area is 143 Å². The smallest absolute Gasteiger partial charge is 0.183 e. The van der Waals surface area contributed by atoms with E-state index in [9.17, 15) is 8.42 Å². The highest BCUT2D eigenvalue weighted by Gasteiger charge is 2.41. The maximum absolute atomic E-state index is 12.8. The molecular formula is C19H22O4S. The Balaban J connectivity index is 1.58. The third-order valence-electron chi connectivity index (χ3n) is 4.31. The normalized spacial score (nSPS) is 24.1. The summed E-state index contributed by atoms with van der Waals surface area (Å²) in [6, 6.07) is 18.5. The van der Waals surface area contributed by atoms with Gasteiger partial charge >= 0.3 is 0 Å². The van der Waals surface area contributed by atoms with E-state index < -0.39 is 15.1 Å². The summed E-state index contributed by atoms with van der Waals surface area (Å²) in [6.07, 6.45) is -0.0552. The van der Waals surface area contributed by atoms with E-state index in [0.29, 0.717) is 24.5 Å². The minimum absolute atomic E-state index is 0.188. The average molecular weight is 346 g/mol. The van der Waals surface area contributed by atoms with Crippen LogP contribution in [0.2, 0.25) is 0 Å². The lowest BCUT2D eigenvalue weighted by Gasteiger charge is -2.14. The van der Waals surface area contributed by atoms with Crippen molar-refractivity contribution in [3.63, 3.8) is 0 Å². The molecule has 0 N–H and O–H groups in total. The van der Waals surface area contributed by atoms with E-state index in [1.807, 2.05) is 43.3 Å². The minimum atomic E-state index is -3.38. The van der Waals surface area contributed by atoms with Crippen LogP contribution in [-0.4, -0.2) is 32.5 Å². The molecule has 2 aromatic rings. The van der Waals surface area contributed by atoms with Crippen molar-refractivity contribution in [2.75, 3.05) is 6.61 Å². The van der Waals surface area contributed by atoms with Crippen LogP contribution in [0, 0.1) is 0 Å². The van der Waals surface area contributed by atoms with Crippen LogP contribution in [0.1, 0.15) is 18.9 Å². The number of hydrogen-bond acceptors (Lipinski definition) is 4. The Bertz CT molecular complexity index is 743. The zero-order chi connectivity index (χ0) is 17.0. The van der Waals surface area contributed by atoms with Gasteiger partial charge in [-0.3, -0.25) is 0 Å². The molecule has 1 aliphatic rings. The van der Waals surface area contributed by atoms with Gasteiger partial charge in [0.2, 0.25) is 0 Å². The quantitative estimate of drug-likeness (QED) is 0.806. The van der Waals surface area contributed by atoms with Gasteiger partial charge in [-0.05, 0) is 31.0 Å². The molecule has 5 heteroatoms. The predicted molar refractivity (Wildman–Crippen MR) is 92.5 cm³/mol. The molecule has 3 atom stereocenters. The summed E-state index contributed by atoms with van der Waals surface area (Å²) >= 11 is 0. The summed E-state index contributed by atoms with van der Waals surface area (Å²) in [5.74, 6) is 0. The highest BCUT2D eigenvalue weighted by molar-refractivity contribution is 7.92. The first kappa shape index (κ1) is 17.1. The molecule has 1 heterocycles. The SMILES string of the molecule is C[C@H]1O[C@@H](COCc2ccccc2)C[C@@H]1S(=O)(=O)c1ccccc1. The highest BCUT2D eigenvalue weighted by atomic mass is 32.2. The Morgan fingerprint density at radius 3 is 2.33 bits per heavy atom. The molecule has 0 aliphatic carbocycles. The van der Waals surface area contributed by atoms with Crippen molar-refractivity contribution < 1.29 is 17.9 Å². The molecule has 1 fully saturated rings. The second-order valence-electron chi connectivity index (χ2n) is 6.10. The third-order valence-corrected chi connectivity index (χ3v) is 6.61. The zero-order valence-corrected chi connectivity index (χ0v) is 14.5. The molecule has 24 heavy (non-hydrogen) atoms. The number of benzene rings is 2. The fraction of sp³-hybridized carbons (Fsp3) is 0.368. The van der Waals surface area contributed by atoms with Gasteiger partial charge in [-0.2, -0.15) is 0 Å². The van der Waals surface area contributed by atoms with Crippen molar-refractivity contribution in [2.45, 2.75) is 42.3 Å². The molecule has 0 aromatic heterocycles. The predicted octanol–water partition coefficient (Wildman–Crippen LogP) is 3.22. The molecule has 1 saturated heterocycles. The van der Waals surface area contributed by atoms with E-state index in [4.69, 9.17) is 9.47 Å². The Hall–Kier alpha value is -1.69. The summed E-state index contributed by atoms with van der Waals surface area (Å²) in [5.41, 5.74) is 1.09. The van der Waals surface area contributed by atoms with Gasteiger partial charge in [0.05, 0.1) is 35.6 Å². The number of rotatable bonds is 6. The Morgan fingerprint density at radius 2 is 1.67 bits per heavy atom. The second kappa shape index (κ2) is 7.47. The summed E-state index contributed by atoms with van der Waals surface area (Å²) in [6.45, 7) is 2.73. The number of ether oxygens (including phenoxy) is 2. The molecule has 128 valence electrons. The van der Waals surface area contributed by atoms with E-state index in [-0.39, 0.29) is 12.2 Å². The van der Waals surface area contributed by atoms with Crippen LogP contribution >= 0.6 is 0 Å². The van der Waals surface area contributed by atoms with E-state index in [1.165, 1.54) is 0 Å². The molecule has 0 amide bonds. The van der Waals surface area contributed by atoms with Crippen LogP contribution in [0.3, 0.4) is 0 Å². The highest BCUT2D eigenvalue weighted by Crippen LogP contribution is 2.30. The standard InChI is InChI=1S/C19H22O4S/c1-15-19(24(20,21)18-10-6-3-7-11-18)12-17(23-15)14-22-13-16-8-4-2-5-9-16/h2-11,15,17,19H,12-14H2,1H3/t15-,17-,19+/m1/s1. The van der Waals surface area contributed by atoms with E-state index in [1.54, 1.807) is 24.3 Å². The lowest BCUT2D eigenvalue weighted by atomic mass is 10.2. The summed E-state index contributed by atoms with van der Waals surface area (Å²) in [7, 11) is -3.38. The largest absolute Gasteiger partial charge is 0.374 e. The lowest BCUT2D eigenvalue weighted by Crippen LogP contribution is -2.28. The average Bonchev–Trinajstić information content (AvgIpc) is 2.98. The Morgan fingerprint density at radius 1 is 1.04 bits per heavy atom. The van der Waals surface area contributed by atoms with Crippen LogP contribution in [0.5, 0.6) is 0 Å². The van der Waals surface area contributed by atoms with Crippen LogP contribution < -0.4 is 0 Å². The van der Waals surface area contributed by atoms with E-state index >= 15 is 0 Å². The maximum atomic E-state index is 12.8. The molecule has 2 aromatic carbocycles. The number of sulfone groups is 1. The van der Waals surface area contributed by atoms with Crippen molar-refractivity contribution in [1.29, 1.82) is 0 Å². The molecule has 0 spiro atoms. The van der Waals surface area contributed by atoms with Crippen LogP contribution in [0.25, 0.3) is 0 Å². The van der Waals surface area contributed by atoms with Gasteiger partial charge in [0.1, 0.15) is 0 Å². The first-order valence-electron chi connectivity index (χ1n) is 8.13. The van der Waals surface area contributed by atoms with Crippen LogP contribution in [0.4, 0.5) is 0 Å². The Kier molecular flexibility index (Phi) is 5.33.